The van der Waals surface area contributed by atoms with Gasteiger partial charge in [-0.1, -0.05) is 55.8 Å². The third-order valence-electron chi connectivity index (χ3n) is 6.77. The van der Waals surface area contributed by atoms with Gasteiger partial charge >= 0.3 is 5.97 Å². The van der Waals surface area contributed by atoms with Gasteiger partial charge in [0.05, 0.1) is 30.9 Å². The number of esters is 1. The molecular formula is C29H32N4O9. The van der Waals surface area contributed by atoms with E-state index in [4.69, 9.17) is 9.47 Å². The second-order valence-electron chi connectivity index (χ2n) is 9.76. The number of aliphatic hydroxyl groups excluding tert-OH is 1. The van der Waals surface area contributed by atoms with Crippen molar-refractivity contribution in [2.75, 3.05) is 36.1 Å². The van der Waals surface area contributed by atoms with Crippen molar-refractivity contribution in [1.29, 1.82) is 0 Å². The Labute approximate surface area is 241 Å². The SMILES string of the molecule is CCCCOC1OC(=O)C[C@@H]1NC(=O)CN1C(=O)[C@@H](NC(=O)C(=O)c2ccccc2)CN(C(=O)CO)c2ccccc21. The summed E-state index contributed by atoms with van der Waals surface area (Å²) in [6, 6.07) is 11.7. The lowest BCUT2D eigenvalue weighted by atomic mass is 10.1. The fourth-order valence-corrected chi connectivity index (χ4v) is 4.67. The zero-order valence-corrected chi connectivity index (χ0v) is 23.0. The quantitative estimate of drug-likeness (QED) is 0.146. The maximum absolute atomic E-state index is 13.8. The Bertz CT molecular complexity index is 1350. The number of carbonyl (C=O) groups is 6. The normalized spacial score (nSPS) is 19.9. The number of para-hydroxylation sites is 2. The molecule has 13 heteroatoms. The molecule has 2 heterocycles. The molecule has 0 bridgehead atoms. The third-order valence-corrected chi connectivity index (χ3v) is 6.77. The standard InChI is InChI=1S/C29H32N4O9/c1-2-3-13-41-29-19(14-25(37)42-29)30-23(35)16-33-22-12-8-7-11-21(22)32(24(36)17-34)15-20(28(33)40)31-27(39)26(38)18-9-5-4-6-10-18/h4-12,19-20,29,34H,2-3,13-17H2,1H3,(H,30,35)(H,31,39)/t19-,20-,29?/m0/s1. The number of hydrogen-bond donors (Lipinski definition) is 3. The van der Waals surface area contributed by atoms with E-state index in [1.165, 1.54) is 24.3 Å². The minimum Gasteiger partial charge on any atom is -0.433 e. The number of cyclic esters (lactones) is 1. The highest BCUT2D eigenvalue weighted by Gasteiger charge is 2.40. The van der Waals surface area contributed by atoms with Gasteiger partial charge < -0.3 is 30.1 Å². The molecular weight excluding hydrogens is 548 g/mol. The third kappa shape index (κ3) is 6.98. The van der Waals surface area contributed by atoms with Gasteiger partial charge in [0.1, 0.15) is 25.2 Å². The van der Waals surface area contributed by atoms with Crippen molar-refractivity contribution >= 4 is 46.8 Å². The number of nitrogens with zero attached hydrogens (tertiary/aromatic N) is 2. The van der Waals surface area contributed by atoms with Gasteiger partial charge in [0.2, 0.25) is 18.0 Å². The Morgan fingerprint density at radius 2 is 1.69 bits per heavy atom. The molecule has 0 spiro atoms. The number of fused-ring (bicyclic) bond motifs is 1. The lowest BCUT2D eigenvalue weighted by Gasteiger charge is -2.26. The zero-order chi connectivity index (χ0) is 30.2. The zero-order valence-electron chi connectivity index (χ0n) is 23.0. The molecule has 3 N–H and O–H groups in total. The van der Waals surface area contributed by atoms with Gasteiger partial charge in [-0.2, -0.15) is 0 Å². The van der Waals surface area contributed by atoms with E-state index in [2.05, 4.69) is 10.6 Å². The van der Waals surface area contributed by atoms with E-state index in [9.17, 15) is 33.9 Å². The van der Waals surface area contributed by atoms with Gasteiger partial charge in [-0.05, 0) is 18.6 Å². The number of amides is 4. The molecule has 1 fully saturated rings. The largest absolute Gasteiger partial charge is 0.433 e. The minimum atomic E-state index is -1.44. The van der Waals surface area contributed by atoms with E-state index in [0.29, 0.717) is 6.61 Å². The summed E-state index contributed by atoms with van der Waals surface area (Å²) in [5, 5.41) is 14.7. The Kier molecular flexibility index (Phi) is 9.99. The fourth-order valence-electron chi connectivity index (χ4n) is 4.67. The van der Waals surface area contributed by atoms with Crippen molar-refractivity contribution in [1.82, 2.24) is 10.6 Å². The van der Waals surface area contributed by atoms with Crippen LogP contribution in [-0.4, -0.2) is 85.2 Å². The molecule has 0 saturated carbocycles. The molecule has 4 rings (SSSR count). The average molecular weight is 581 g/mol. The van der Waals surface area contributed by atoms with E-state index < -0.39 is 73.5 Å². The number of carbonyl (C=O) groups excluding carboxylic acids is 6. The van der Waals surface area contributed by atoms with Crippen LogP contribution in [0.1, 0.15) is 36.5 Å². The molecule has 1 saturated heterocycles. The van der Waals surface area contributed by atoms with Gasteiger partial charge in [0.25, 0.3) is 17.7 Å². The topological polar surface area (TPSA) is 172 Å². The number of Topliss-reactive ketones (excluding diaryl/α,β-unsaturated/α-hetero) is 1. The Morgan fingerprint density at radius 3 is 2.38 bits per heavy atom. The van der Waals surface area contributed by atoms with Crippen molar-refractivity contribution in [2.45, 2.75) is 44.6 Å². The molecule has 2 aliphatic heterocycles. The van der Waals surface area contributed by atoms with Crippen molar-refractivity contribution in [3.8, 4) is 0 Å². The van der Waals surface area contributed by atoms with Gasteiger partial charge in [0, 0.05) is 5.56 Å². The number of ketones is 1. The predicted molar refractivity (Wildman–Crippen MR) is 148 cm³/mol. The van der Waals surface area contributed by atoms with Gasteiger partial charge in [0.15, 0.2) is 0 Å². The summed E-state index contributed by atoms with van der Waals surface area (Å²) < 4.78 is 10.8. The number of unbranched alkanes of at least 4 members (excludes halogenated alkanes) is 1. The van der Waals surface area contributed by atoms with Crippen LogP contribution < -0.4 is 20.4 Å². The number of rotatable bonds is 11. The summed E-state index contributed by atoms with van der Waals surface area (Å²) in [7, 11) is 0. The summed E-state index contributed by atoms with van der Waals surface area (Å²) in [6.07, 6.45) is 0.496. The molecule has 13 nitrogen and oxygen atoms in total. The first-order chi connectivity index (χ1) is 20.2. The van der Waals surface area contributed by atoms with E-state index in [1.54, 1.807) is 30.3 Å². The van der Waals surface area contributed by atoms with Crippen LogP contribution in [0.4, 0.5) is 11.4 Å². The van der Waals surface area contributed by atoms with Crippen molar-refractivity contribution < 1.29 is 43.3 Å². The van der Waals surface area contributed by atoms with Crippen LogP contribution in [0.5, 0.6) is 0 Å². The van der Waals surface area contributed by atoms with Crippen LogP contribution in [0.2, 0.25) is 0 Å². The van der Waals surface area contributed by atoms with E-state index in [0.717, 1.165) is 22.6 Å². The maximum atomic E-state index is 13.8. The Hall–Kier alpha value is -4.62. The smallest absolute Gasteiger partial charge is 0.310 e. The predicted octanol–water partition coefficient (Wildman–Crippen LogP) is 0.301. The Balaban J connectivity index is 1.59. The first-order valence-electron chi connectivity index (χ1n) is 13.6. The van der Waals surface area contributed by atoms with Crippen LogP contribution in [0.3, 0.4) is 0 Å². The highest BCUT2D eigenvalue weighted by Crippen LogP contribution is 2.33. The lowest BCUT2D eigenvalue weighted by Crippen LogP contribution is -2.56. The molecule has 3 atom stereocenters. The summed E-state index contributed by atoms with van der Waals surface area (Å²) >= 11 is 0. The Morgan fingerprint density at radius 1 is 1.00 bits per heavy atom. The van der Waals surface area contributed by atoms with Gasteiger partial charge in [-0.15, -0.1) is 0 Å². The molecule has 2 aliphatic rings. The lowest BCUT2D eigenvalue weighted by molar-refractivity contribution is -0.165. The second-order valence-corrected chi connectivity index (χ2v) is 9.76. The fraction of sp³-hybridized carbons (Fsp3) is 0.379. The average Bonchev–Trinajstić information content (AvgIpc) is 3.30. The number of aliphatic hydroxyl groups is 1. The monoisotopic (exact) mass is 580 g/mol. The number of anilines is 2. The highest BCUT2D eigenvalue weighted by molar-refractivity contribution is 6.43. The molecule has 0 aliphatic carbocycles. The van der Waals surface area contributed by atoms with Crippen molar-refractivity contribution in [2.24, 2.45) is 0 Å². The molecule has 4 amide bonds. The summed E-state index contributed by atoms with van der Waals surface area (Å²) in [6.45, 7) is 0.460. The number of ether oxygens (including phenoxy) is 2. The van der Waals surface area contributed by atoms with Crippen LogP contribution in [0.25, 0.3) is 0 Å². The van der Waals surface area contributed by atoms with E-state index in [-0.39, 0.29) is 23.4 Å². The maximum Gasteiger partial charge on any atom is 0.310 e. The highest BCUT2D eigenvalue weighted by atomic mass is 16.7. The first-order valence-corrected chi connectivity index (χ1v) is 13.6. The summed E-state index contributed by atoms with van der Waals surface area (Å²) in [5.41, 5.74) is 0.479. The van der Waals surface area contributed by atoms with Crippen molar-refractivity contribution in [3.05, 3.63) is 60.2 Å². The van der Waals surface area contributed by atoms with E-state index in [1.807, 2.05) is 6.92 Å². The van der Waals surface area contributed by atoms with Gasteiger partial charge in [-0.25, -0.2) is 0 Å². The number of hydrogen-bond acceptors (Lipinski definition) is 9. The second kappa shape index (κ2) is 13.8. The van der Waals surface area contributed by atoms with E-state index >= 15 is 0 Å². The molecule has 42 heavy (non-hydrogen) atoms. The molecule has 222 valence electrons. The van der Waals surface area contributed by atoms with Crippen LogP contribution in [-0.2, 0) is 33.4 Å². The van der Waals surface area contributed by atoms with Gasteiger partial charge in [-0.3, -0.25) is 33.7 Å². The molecule has 1 unspecified atom stereocenters. The van der Waals surface area contributed by atoms with Crippen LogP contribution in [0.15, 0.2) is 54.6 Å². The van der Waals surface area contributed by atoms with Crippen LogP contribution >= 0.6 is 0 Å². The summed E-state index contributed by atoms with van der Waals surface area (Å²) in [5.74, 6) is -4.70. The molecule has 0 aromatic heterocycles. The summed E-state index contributed by atoms with van der Waals surface area (Å²) in [4.78, 5) is 79.5. The molecule has 0 radical (unpaired) electrons. The minimum absolute atomic E-state index is 0.0999. The number of nitrogens with one attached hydrogen (secondary N) is 2. The molecule has 2 aromatic rings. The van der Waals surface area contributed by atoms with Crippen molar-refractivity contribution in [3.63, 3.8) is 0 Å². The first kappa shape index (κ1) is 30.3. The number of benzene rings is 2. The molecule has 2 aromatic carbocycles. The van der Waals surface area contributed by atoms with Crippen LogP contribution in [0, 0.1) is 0 Å².